The predicted molar refractivity (Wildman–Crippen MR) is 114 cm³/mol. The minimum Gasteiger partial charge on any atom is -0.367 e. The standard InChI is InChI=1S/C24H39N/c1-10-12-13-14-15-23(11-2)18-25(19-24(8,9)21(5)6)22(7)17-16-20(3)4/h11,14-17,20-21H,7,13,18-19H2,1-6,8-9H3/b15-14-,17-16+,23-11+. The van der Waals surface area contributed by atoms with Crippen LogP contribution in [0.2, 0.25) is 0 Å². The lowest BCUT2D eigenvalue weighted by Gasteiger charge is -2.37. The van der Waals surface area contributed by atoms with Gasteiger partial charge in [-0.3, -0.25) is 0 Å². The van der Waals surface area contributed by atoms with Gasteiger partial charge in [-0.25, -0.2) is 0 Å². The van der Waals surface area contributed by atoms with Crippen LogP contribution in [0.4, 0.5) is 0 Å². The molecule has 0 saturated heterocycles. The molecule has 0 spiro atoms. The topological polar surface area (TPSA) is 3.24 Å². The summed E-state index contributed by atoms with van der Waals surface area (Å²) in [5, 5.41) is 0. The third-order valence-corrected chi connectivity index (χ3v) is 4.71. The Morgan fingerprint density at radius 1 is 1.16 bits per heavy atom. The number of allylic oxidation sites excluding steroid dienone is 4. The first-order valence-electron chi connectivity index (χ1n) is 9.47. The number of rotatable bonds is 10. The Morgan fingerprint density at radius 3 is 2.28 bits per heavy atom. The van der Waals surface area contributed by atoms with Gasteiger partial charge in [0, 0.05) is 25.2 Å². The molecular weight excluding hydrogens is 302 g/mol. The van der Waals surface area contributed by atoms with Crippen molar-refractivity contribution in [2.75, 3.05) is 13.1 Å². The fraction of sp³-hybridized carbons (Fsp3) is 0.583. The highest BCUT2D eigenvalue weighted by Crippen LogP contribution is 2.29. The summed E-state index contributed by atoms with van der Waals surface area (Å²) in [4.78, 5) is 2.41. The molecule has 0 fully saturated rings. The molecular formula is C24H39N. The van der Waals surface area contributed by atoms with Gasteiger partial charge in [-0.15, -0.1) is 5.92 Å². The highest BCUT2D eigenvalue weighted by atomic mass is 15.1. The summed E-state index contributed by atoms with van der Waals surface area (Å²) in [5.74, 6) is 7.16. The van der Waals surface area contributed by atoms with Crippen LogP contribution in [0, 0.1) is 29.1 Å². The number of hydrogen-bond donors (Lipinski definition) is 0. The van der Waals surface area contributed by atoms with Gasteiger partial charge >= 0.3 is 0 Å². The van der Waals surface area contributed by atoms with Gasteiger partial charge in [-0.05, 0) is 42.7 Å². The van der Waals surface area contributed by atoms with Crippen LogP contribution in [0.3, 0.4) is 0 Å². The van der Waals surface area contributed by atoms with Crippen LogP contribution in [0.1, 0.15) is 61.8 Å². The molecule has 1 nitrogen and oxygen atoms in total. The molecule has 0 aliphatic rings. The summed E-state index contributed by atoms with van der Waals surface area (Å²) >= 11 is 0. The quantitative estimate of drug-likeness (QED) is 0.319. The van der Waals surface area contributed by atoms with E-state index >= 15 is 0 Å². The second-order valence-electron chi connectivity index (χ2n) is 7.99. The average Bonchev–Trinajstić information content (AvgIpc) is 2.53. The molecule has 0 bridgehead atoms. The zero-order chi connectivity index (χ0) is 19.5. The van der Waals surface area contributed by atoms with Gasteiger partial charge < -0.3 is 4.90 Å². The SMILES string of the molecule is C=C(/C=C/C(C)C)N(CC(/C=C\CC#CC)=C/C)CC(C)(C)C(C)C. The molecule has 0 radical (unpaired) electrons. The second kappa shape index (κ2) is 11.8. The first-order valence-corrected chi connectivity index (χ1v) is 9.47. The molecule has 0 unspecified atom stereocenters. The summed E-state index contributed by atoms with van der Waals surface area (Å²) in [6, 6.07) is 0. The van der Waals surface area contributed by atoms with Crippen LogP contribution in [-0.2, 0) is 0 Å². The Labute approximate surface area is 157 Å². The molecule has 0 aromatic carbocycles. The summed E-state index contributed by atoms with van der Waals surface area (Å²) in [7, 11) is 0. The predicted octanol–water partition coefficient (Wildman–Crippen LogP) is 6.61. The van der Waals surface area contributed by atoms with Crippen molar-refractivity contribution >= 4 is 0 Å². The first kappa shape index (κ1) is 23.3. The lowest BCUT2D eigenvalue weighted by molar-refractivity contribution is 0.171. The minimum atomic E-state index is 0.227. The Hall–Kier alpha value is -1.68. The monoisotopic (exact) mass is 341 g/mol. The van der Waals surface area contributed by atoms with Crippen LogP contribution in [0.15, 0.2) is 48.2 Å². The molecule has 25 heavy (non-hydrogen) atoms. The molecule has 140 valence electrons. The van der Waals surface area contributed by atoms with Gasteiger partial charge in [0.1, 0.15) is 0 Å². The maximum absolute atomic E-state index is 4.33. The zero-order valence-corrected chi connectivity index (χ0v) is 17.8. The van der Waals surface area contributed by atoms with E-state index in [1.165, 1.54) is 5.57 Å². The molecule has 0 rings (SSSR count). The maximum Gasteiger partial charge on any atom is 0.0426 e. The van der Waals surface area contributed by atoms with Crippen molar-refractivity contribution in [3.05, 3.63) is 48.2 Å². The molecule has 1 heteroatoms. The van der Waals surface area contributed by atoms with Crippen molar-refractivity contribution in [2.24, 2.45) is 17.3 Å². The van der Waals surface area contributed by atoms with Crippen molar-refractivity contribution in [3.8, 4) is 11.8 Å². The second-order valence-corrected chi connectivity index (χ2v) is 7.99. The van der Waals surface area contributed by atoms with E-state index in [1.807, 2.05) is 6.92 Å². The largest absolute Gasteiger partial charge is 0.367 e. The molecule has 0 aliphatic carbocycles. The van der Waals surface area contributed by atoms with Crippen molar-refractivity contribution in [1.82, 2.24) is 4.90 Å². The molecule has 0 aromatic heterocycles. The molecule has 0 heterocycles. The van der Waals surface area contributed by atoms with Gasteiger partial charge in [0.15, 0.2) is 0 Å². The zero-order valence-electron chi connectivity index (χ0n) is 17.8. The van der Waals surface area contributed by atoms with E-state index in [4.69, 9.17) is 0 Å². The summed E-state index contributed by atoms with van der Waals surface area (Å²) in [6.07, 6.45) is 11.7. The normalized spacial score (nSPS) is 13.0. The van der Waals surface area contributed by atoms with E-state index in [-0.39, 0.29) is 5.41 Å². The van der Waals surface area contributed by atoms with E-state index in [2.05, 4.69) is 102 Å². The summed E-state index contributed by atoms with van der Waals surface area (Å²) in [6.45, 7) is 23.8. The molecule has 0 saturated carbocycles. The van der Waals surface area contributed by atoms with Gasteiger partial charge in [0.2, 0.25) is 0 Å². The van der Waals surface area contributed by atoms with Gasteiger partial charge in [-0.2, -0.15) is 0 Å². The van der Waals surface area contributed by atoms with E-state index in [0.717, 1.165) is 25.2 Å². The van der Waals surface area contributed by atoms with Crippen LogP contribution < -0.4 is 0 Å². The fourth-order valence-corrected chi connectivity index (χ4v) is 2.17. The lowest BCUT2D eigenvalue weighted by atomic mass is 9.80. The maximum atomic E-state index is 4.33. The van der Waals surface area contributed by atoms with Gasteiger partial charge in [0.25, 0.3) is 0 Å². The van der Waals surface area contributed by atoms with Crippen molar-refractivity contribution < 1.29 is 0 Å². The van der Waals surface area contributed by atoms with Gasteiger partial charge in [-0.1, -0.05) is 78.3 Å². The highest BCUT2D eigenvalue weighted by Gasteiger charge is 2.25. The van der Waals surface area contributed by atoms with Crippen LogP contribution >= 0.6 is 0 Å². The van der Waals surface area contributed by atoms with Crippen LogP contribution in [0.5, 0.6) is 0 Å². The number of hydrogen-bond acceptors (Lipinski definition) is 1. The Morgan fingerprint density at radius 2 is 1.80 bits per heavy atom. The molecule has 0 aromatic rings. The lowest BCUT2D eigenvalue weighted by Crippen LogP contribution is -2.37. The molecule has 0 amide bonds. The first-order chi connectivity index (χ1) is 11.6. The van der Waals surface area contributed by atoms with Gasteiger partial charge in [0.05, 0.1) is 0 Å². The molecule has 0 N–H and O–H groups in total. The number of nitrogens with zero attached hydrogens (tertiary/aromatic N) is 1. The van der Waals surface area contributed by atoms with E-state index < -0.39 is 0 Å². The van der Waals surface area contributed by atoms with Crippen molar-refractivity contribution in [2.45, 2.75) is 61.8 Å². The minimum absolute atomic E-state index is 0.227. The molecule has 0 aliphatic heterocycles. The average molecular weight is 342 g/mol. The Kier molecular flexibility index (Phi) is 11.0. The Bertz CT molecular complexity index is 544. The third-order valence-electron chi connectivity index (χ3n) is 4.71. The van der Waals surface area contributed by atoms with E-state index in [1.54, 1.807) is 0 Å². The smallest absolute Gasteiger partial charge is 0.0426 e. The van der Waals surface area contributed by atoms with E-state index in [0.29, 0.717) is 11.8 Å². The van der Waals surface area contributed by atoms with Crippen molar-refractivity contribution in [1.29, 1.82) is 0 Å². The third kappa shape index (κ3) is 10.0. The highest BCUT2D eigenvalue weighted by molar-refractivity contribution is 5.24. The summed E-state index contributed by atoms with van der Waals surface area (Å²) in [5.41, 5.74) is 2.62. The Balaban J connectivity index is 5.31. The molecule has 0 atom stereocenters. The van der Waals surface area contributed by atoms with Crippen LogP contribution in [0.25, 0.3) is 0 Å². The summed E-state index contributed by atoms with van der Waals surface area (Å²) < 4.78 is 0. The van der Waals surface area contributed by atoms with Crippen LogP contribution in [-0.4, -0.2) is 18.0 Å². The van der Waals surface area contributed by atoms with E-state index in [9.17, 15) is 0 Å². The fourth-order valence-electron chi connectivity index (χ4n) is 2.17. The van der Waals surface area contributed by atoms with Crippen molar-refractivity contribution in [3.63, 3.8) is 0 Å².